The maximum absolute atomic E-state index is 13.2. The third-order valence-electron chi connectivity index (χ3n) is 3.23. The third kappa shape index (κ3) is 5.72. The van der Waals surface area contributed by atoms with Crippen LogP contribution in [0, 0.1) is 13.8 Å². The average molecular weight is 378 g/mol. The molecule has 10 heteroatoms. The fraction of sp³-hybridized carbons (Fsp3) is 0.533. The molecule has 0 aliphatic carbocycles. The molecule has 0 radical (unpaired) electrons. The number of alkyl halides is 1. The van der Waals surface area contributed by atoms with Gasteiger partial charge in [0.25, 0.3) is 21.4 Å². The molecule has 1 aromatic rings. The number of aliphatic hydroxyl groups is 1. The van der Waals surface area contributed by atoms with Crippen LogP contribution < -0.4 is 5.32 Å². The molecule has 1 amide bonds. The number of carbonyl (C=O) groups is 1. The van der Waals surface area contributed by atoms with Crippen LogP contribution in [0.1, 0.15) is 18.1 Å². The SMILES string of the molecule is COCON(CC(C)F)S(=O)(=O)C(O)C(=O)Nc1c(C)cccc1C. The Balaban J connectivity index is 3.00. The number of hydrogen-bond donors (Lipinski definition) is 2. The number of hydroxylamine groups is 1. The van der Waals surface area contributed by atoms with E-state index in [-0.39, 0.29) is 4.47 Å². The molecule has 0 aliphatic rings. The van der Waals surface area contributed by atoms with Crippen molar-refractivity contribution in [1.82, 2.24) is 4.47 Å². The summed E-state index contributed by atoms with van der Waals surface area (Å²) in [6, 6.07) is 5.22. The van der Waals surface area contributed by atoms with Crippen LogP contribution in [0.4, 0.5) is 10.1 Å². The zero-order valence-electron chi connectivity index (χ0n) is 14.5. The van der Waals surface area contributed by atoms with Crippen molar-refractivity contribution in [3.05, 3.63) is 29.3 Å². The topological polar surface area (TPSA) is 105 Å². The van der Waals surface area contributed by atoms with Crippen LogP contribution >= 0.6 is 0 Å². The highest BCUT2D eigenvalue weighted by Crippen LogP contribution is 2.20. The summed E-state index contributed by atoms with van der Waals surface area (Å²) in [6.45, 7) is 3.38. The highest BCUT2D eigenvalue weighted by Gasteiger charge is 2.38. The molecule has 8 nitrogen and oxygen atoms in total. The van der Waals surface area contributed by atoms with Crippen LogP contribution in [0.25, 0.3) is 0 Å². The molecule has 2 unspecified atom stereocenters. The number of aliphatic hydroxyl groups excluding tert-OH is 1. The Kier molecular flexibility index (Phi) is 7.90. The van der Waals surface area contributed by atoms with Gasteiger partial charge in [-0.15, -0.1) is 0 Å². The molecule has 0 aromatic heterocycles. The lowest BCUT2D eigenvalue weighted by Crippen LogP contribution is -2.46. The lowest BCUT2D eigenvalue weighted by molar-refractivity contribution is -0.170. The molecule has 0 aliphatic heterocycles. The summed E-state index contributed by atoms with van der Waals surface area (Å²) in [4.78, 5) is 17.0. The van der Waals surface area contributed by atoms with Gasteiger partial charge in [-0.05, 0) is 31.9 Å². The first-order valence-electron chi connectivity index (χ1n) is 7.43. The van der Waals surface area contributed by atoms with Crippen LogP contribution in [0.3, 0.4) is 0 Å². The molecule has 2 atom stereocenters. The number of ether oxygens (including phenoxy) is 1. The number of halogens is 1. The molecule has 0 bridgehead atoms. The number of hydrogen-bond acceptors (Lipinski definition) is 6. The first-order valence-corrected chi connectivity index (χ1v) is 8.94. The lowest BCUT2D eigenvalue weighted by Gasteiger charge is -2.24. The summed E-state index contributed by atoms with van der Waals surface area (Å²) < 4.78 is 42.7. The third-order valence-corrected chi connectivity index (χ3v) is 4.84. The summed E-state index contributed by atoms with van der Waals surface area (Å²) in [6.07, 6.45) is -1.58. The van der Waals surface area contributed by atoms with Gasteiger partial charge in [0, 0.05) is 12.8 Å². The number of carbonyl (C=O) groups excluding carboxylic acids is 1. The van der Waals surface area contributed by atoms with Crippen molar-refractivity contribution < 1.29 is 32.3 Å². The maximum Gasteiger partial charge on any atom is 0.272 e. The predicted octanol–water partition coefficient (Wildman–Crippen LogP) is 1.09. The van der Waals surface area contributed by atoms with Gasteiger partial charge in [0.1, 0.15) is 6.17 Å². The summed E-state index contributed by atoms with van der Waals surface area (Å²) >= 11 is 0. The Morgan fingerprint density at radius 1 is 1.36 bits per heavy atom. The van der Waals surface area contributed by atoms with Gasteiger partial charge in [-0.25, -0.2) is 12.8 Å². The second kappa shape index (κ2) is 9.20. The fourth-order valence-corrected chi connectivity index (χ4v) is 3.15. The quantitative estimate of drug-likeness (QED) is 0.492. The van der Waals surface area contributed by atoms with Crippen LogP contribution in [-0.4, -0.2) is 56.0 Å². The molecule has 2 N–H and O–H groups in total. The Hall–Kier alpha value is -1.59. The van der Waals surface area contributed by atoms with Crippen LogP contribution in [0.15, 0.2) is 18.2 Å². The number of benzene rings is 1. The van der Waals surface area contributed by atoms with Gasteiger partial charge < -0.3 is 15.2 Å². The number of nitrogens with one attached hydrogen (secondary N) is 1. The van der Waals surface area contributed by atoms with E-state index in [1.807, 2.05) is 0 Å². The van der Waals surface area contributed by atoms with Crippen molar-refractivity contribution in [3.8, 4) is 0 Å². The molecule has 142 valence electrons. The summed E-state index contributed by atoms with van der Waals surface area (Å²) in [7, 11) is -3.43. The zero-order valence-corrected chi connectivity index (χ0v) is 15.3. The van der Waals surface area contributed by atoms with E-state index in [2.05, 4.69) is 10.1 Å². The summed E-state index contributed by atoms with van der Waals surface area (Å²) in [5.74, 6) is -1.17. The number of amides is 1. The Bertz CT molecular complexity index is 675. The molecular weight excluding hydrogens is 355 g/mol. The minimum atomic E-state index is -4.68. The number of methoxy groups -OCH3 is 1. The van der Waals surface area contributed by atoms with Gasteiger partial charge in [-0.2, -0.15) is 0 Å². The van der Waals surface area contributed by atoms with Gasteiger partial charge in [-0.1, -0.05) is 22.7 Å². The van der Waals surface area contributed by atoms with E-state index in [9.17, 15) is 22.7 Å². The molecule has 0 spiro atoms. The predicted molar refractivity (Wildman–Crippen MR) is 89.7 cm³/mol. The van der Waals surface area contributed by atoms with Crippen molar-refractivity contribution in [2.75, 3.05) is 25.8 Å². The zero-order chi connectivity index (χ0) is 19.2. The first-order chi connectivity index (χ1) is 11.6. The number of sulfonamides is 1. The molecule has 0 saturated carbocycles. The normalized spacial score (nSPS) is 14.4. The minimum Gasteiger partial charge on any atom is -0.368 e. The van der Waals surface area contributed by atoms with Gasteiger partial charge in [-0.3, -0.25) is 9.63 Å². The molecule has 0 heterocycles. The van der Waals surface area contributed by atoms with E-state index in [0.717, 1.165) is 6.92 Å². The van der Waals surface area contributed by atoms with E-state index in [1.165, 1.54) is 7.11 Å². The standard InChI is InChI=1S/C15H23FN2O6S/c1-10-6-5-7-11(2)13(10)17-14(19)15(20)25(21,22)18(8-12(3)16)24-9-23-4/h5-7,12,15,20H,8-9H2,1-4H3,(H,17,19). The van der Waals surface area contributed by atoms with Crippen LogP contribution in [0.2, 0.25) is 0 Å². The number of aryl methyl sites for hydroxylation is 2. The molecule has 1 aromatic carbocycles. The lowest BCUT2D eigenvalue weighted by atomic mass is 10.1. The van der Waals surface area contributed by atoms with Gasteiger partial charge in [0.2, 0.25) is 0 Å². The Labute approximate surface area is 146 Å². The Morgan fingerprint density at radius 3 is 2.40 bits per heavy atom. The summed E-state index contributed by atoms with van der Waals surface area (Å²) in [5, 5.41) is 12.4. The van der Waals surface area contributed by atoms with E-state index >= 15 is 0 Å². The largest absolute Gasteiger partial charge is 0.368 e. The van der Waals surface area contributed by atoms with Crippen molar-refractivity contribution >= 4 is 21.6 Å². The molecule has 0 saturated heterocycles. The molecule has 0 fully saturated rings. The van der Waals surface area contributed by atoms with E-state index < -0.39 is 40.9 Å². The monoisotopic (exact) mass is 378 g/mol. The highest BCUT2D eigenvalue weighted by atomic mass is 32.2. The van der Waals surface area contributed by atoms with Gasteiger partial charge in [0.05, 0.1) is 6.54 Å². The van der Waals surface area contributed by atoms with Crippen molar-refractivity contribution in [2.45, 2.75) is 32.4 Å². The fourth-order valence-electron chi connectivity index (χ4n) is 1.99. The molecule has 1 rings (SSSR count). The molecule has 25 heavy (non-hydrogen) atoms. The van der Waals surface area contributed by atoms with E-state index in [4.69, 9.17) is 4.84 Å². The number of para-hydroxylation sites is 1. The van der Waals surface area contributed by atoms with E-state index in [0.29, 0.717) is 16.8 Å². The highest BCUT2D eigenvalue weighted by molar-refractivity contribution is 7.90. The number of nitrogens with zero attached hydrogens (tertiary/aromatic N) is 1. The minimum absolute atomic E-state index is 0.218. The van der Waals surface area contributed by atoms with Crippen molar-refractivity contribution in [1.29, 1.82) is 0 Å². The van der Waals surface area contributed by atoms with Crippen LogP contribution in [0.5, 0.6) is 0 Å². The van der Waals surface area contributed by atoms with E-state index in [1.54, 1.807) is 32.0 Å². The van der Waals surface area contributed by atoms with Gasteiger partial charge in [0.15, 0.2) is 6.79 Å². The maximum atomic E-state index is 13.2. The Morgan fingerprint density at radius 2 is 1.92 bits per heavy atom. The van der Waals surface area contributed by atoms with Crippen molar-refractivity contribution in [2.24, 2.45) is 0 Å². The second-order valence-corrected chi connectivity index (χ2v) is 7.34. The van der Waals surface area contributed by atoms with Crippen LogP contribution in [-0.2, 0) is 24.4 Å². The molecular formula is C15H23FN2O6S. The average Bonchev–Trinajstić information content (AvgIpc) is 2.53. The second-order valence-electron chi connectivity index (χ2n) is 5.46. The number of anilines is 1. The summed E-state index contributed by atoms with van der Waals surface area (Å²) in [5.41, 5.74) is -0.683. The first kappa shape index (κ1) is 21.5. The number of rotatable bonds is 9. The van der Waals surface area contributed by atoms with Gasteiger partial charge >= 0.3 is 0 Å². The smallest absolute Gasteiger partial charge is 0.272 e. The van der Waals surface area contributed by atoms with Crippen molar-refractivity contribution in [3.63, 3.8) is 0 Å².